The number of hydrogen-bond donors (Lipinski definition) is 2. The van der Waals surface area contributed by atoms with Crippen molar-refractivity contribution in [2.75, 3.05) is 25.1 Å². The molecule has 2 aliphatic heterocycles. The van der Waals surface area contributed by atoms with E-state index in [4.69, 9.17) is 4.74 Å². The van der Waals surface area contributed by atoms with Crippen LogP contribution in [0.2, 0.25) is 0 Å². The molecule has 0 saturated carbocycles. The molecule has 5 rings (SSSR count). The summed E-state index contributed by atoms with van der Waals surface area (Å²) in [6.07, 6.45) is -0.824. The molecule has 8 nitrogen and oxygen atoms in total. The van der Waals surface area contributed by atoms with Crippen molar-refractivity contribution in [1.82, 2.24) is 19.7 Å². The Hall–Kier alpha value is -3.36. The minimum absolute atomic E-state index is 0.141. The fourth-order valence-corrected chi connectivity index (χ4v) is 5.35. The largest absolute Gasteiger partial charge is 0.408 e. The second-order valence-corrected chi connectivity index (χ2v) is 9.45. The molecule has 2 N–H and O–H groups in total. The summed E-state index contributed by atoms with van der Waals surface area (Å²) in [5.74, 6) is -0.0528. The summed E-state index contributed by atoms with van der Waals surface area (Å²) < 4.78 is 49.2. The first-order chi connectivity index (χ1) is 17.3. The van der Waals surface area contributed by atoms with E-state index >= 15 is 0 Å². The monoisotopic (exact) mass is 500 g/mol. The van der Waals surface area contributed by atoms with Gasteiger partial charge >= 0.3 is 6.18 Å². The quantitative estimate of drug-likeness (QED) is 0.529. The normalized spacial score (nSPS) is 24.0. The number of hydrogen-bond acceptors (Lipinski definition) is 6. The van der Waals surface area contributed by atoms with Crippen LogP contribution in [0.1, 0.15) is 43.8 Å². The SMILES string of the molecule is CC1CCCN1C(c1ccc(Nc2nn(C3COCCC3C#N)c3cc[nH]c(=O)c23)cc1)C(F)(F)F. The topological polar surface area (TPSA) is 99.0 Å². The Morgan fingerprint density at radius 2 is 2.03 bits per heavy atom. The number of rotatable bonds is 5. The number of nitriles is 1. The Balaban J connectivity index is 1.47. The molecule has 2 aromatic heterocycles. The first-order valence-electron chi connectivity index (χ1n) is 12.0. The number of likely N-dealkylation sites (tertiary alicyclic amines) is 1. The number of nitrogens with zero attached hydrogens (tertiary/aromatic N) is 4. The highest BCUT2D eigenvalue weighted by Gasteiger charge is 2.47. The number of halogens is 3. The van der Waals surface area contributed by atoms with Crippen LogP contribution >= 0.6 is 0 Å². The molecule has 4 unspecified atom stereocenters. The highest BCUT2D eigenvalue weighted by Crippen LogP contribution is 2.41. The lowest BCUT2D eigenvalue weighted by Gasteiger charge is -2.33. The molecule has 0 aliphatic carbocycles. The van der Waals surface area contributed by atoms with E-state index in [0.29, 0.717) is 42.8 Å². The van der Waals surface area contributed by atoms with Gasteiger partial charge in [0.2, 0.25) is 0 Å². The smallest absolute Gasteiger partial charge is 0.379 e. The van der Waals surface area contributed by atoms with Crippen molar-refractivity contribution in [3.8, 4) is 6.07 Å². The van der Waals surface area contributed by atoms with Gasteiger partial charge in [0.05, 0.1) is 30.2 Å². The van der Waals surface area contributed by atoms with E-state index in [0.717, 1.165) is 12.8 Å². The van der Waals surface area contributed by atoms with Crippen molar-refractivity contribution in [2.24, 2.45) is 5.92 Å². The predicted molar refractivity (Wildman–Crippen MR) is 128 cm³/mol. The average molecular weight is 501 g/mol. The molecule has 11 heteroatoms. The number of benzene rings is 1. The number of ether oxygens (including phenoxy) is 1. The van der Waals surface area contributed by atoms with E-state index in [9.17, 15) is 23.2 Å². The summed E-state index contributed by atoms with van der Waals surface area (Å²) >= 11 is 0. The molecule has 2 aliphatic rings. The Morgan fingerprint density at radius 3 is 2.69 bits per heavy atom. The first kappa shape index (κ1) is 24.3. The van der Waals surface area contributed by atoms with Gasteiger partial charge in [-0.25, -0.2) is 0 Å². The van der Waals surface area contributed by atoms with Crippen LogP contribution < -0.4 is 10.9 Å². The van der Waals surface area contributed by atoms with Gasteiger partial charge in [-0.15, -0.1) is 0 Å². The molecular weight excluding hydrogens is 473 g/mol. The van der Waals surface area contributed by atoms with E-state index in [2.05, 4.69) is 21.5 Å². The minimum Gasteiger partial charge on any atom is -0.379 e. The fraction of sp³-hybridized carbons (Fsp3) is 0.480. The zero-order valence-corrected chi connectivity index (χ0v) is 19.8. The van der Waals surface area contributed by atoms with Gasteiger partial charge in [-0.3, -0.25) is 14.4 Å². The molecule has 4 atom stereocenters. The molecule has 0 spiro atoms. The van der Waals surface area contributed by atoms with E-state index in [-0.39, 0.29) is 34.9 Å². The number of aromatic amines is 1. The standard InChI is InChI=1S/C25H27F3N6O2/c1-15-3-2-11-33(15)22(25(26,27)28)16-4-6-18(7-5-16)31-23-21-19(8-10-30-24(21)35)34(32-23)20-14-36-12-9-17(20)13-29/h4-8,10,15,17,20,22H,2-3,9,11-12,14H2,1H3,(H,30,35)(H,31,32). The van der Waals surface area contributed by atoms with E-state index in [1.54, 1.807) is 22.9 Å². The number of H-pyrrole nitrogens is 1. The second-order valence-electron chi connectivity index (χ2n) is 9.45. The molecule has 0 bridgehead atoms. The lowest BCUT2D eigenvalue weighted by Crippen LogP contribution is -2.40. The van der Waals surface area contributed by atoms with E-state index in [1.165, 1.54) is 23.2 Å². The number of fused-ring (bicyclic) bond motifs is 1. The van der Waals surface area contributed by atoms with Gasteiger partial charge in [0.15, 0.2) is 5.82 Å². The van der Waals surface area contributed by atoms with Gasteiger partial charge in [-0.05, 0) is 56.5 Å². The van der Waals surface area contributed by atoms with Crippen molar-refractivity contribution in [1.29, 1.82) is 5.26 Å². The lowest BCUT2D eigenvalue weighted by molar-refractivity contribution is -0.188. The summed E-state index contributed by atoms with van der Waals surface area (Å²) in [6, 6.07) is 7.92. The third kappa shape index (κ3) is 4.47. The first-order valence-corrected chi connectivity index (χ1v) is 12.0. The number of nitrogens with one attached hydrogen (secondary N) is 2. The molecule has 3 aromatic rings. The van der Waals surface area contributed by atoms with Gasteiger partial charge in [0.1, 0.15) is 11.4 Å². The summed E-state index contributed by atoms with van der Waals surface area (Å²) in [5.41, 5.74) is 0.865. The predicted octanol–water partition coefficient (Wildman–Crippen LogP) is 4.66. The second kappa shape index (κ2) is 9.59. The molecule has 2 fully saturated rings. The Labute approximate surface area is 205 Å². The van der Waals surface area contributed by atoms with Crippen molar-refractivity contribution in [2.45, 2.75) is 50.5 Å². The maximum atomic E-state index is 14.0. The fourth-order valence-electron chi connectivity index (χ4n) is 5.35. The van der Waals surface area contributed by atoms with Crippen LogP contribution in [0.5, 0.6) is 0 Å². The van der Waals surface area contributed by atoms with Gasteiger partial charge in [0.25, 0.3) is 5.56 Å². The van der Waals surface area contributed by atoms with Gasteiger partial charge in [-0.2, -0.15) is 23.5 Å². The third-order valence-electron chi connectivity index (χ3n) is 7.17. The summed E-state index contributed by atoms with van der Waals surface area (Å²) in [7, 11) is 0. The maximum Gasteiger partial charge on any atom is 0.408 e. The minimum atomic E-state index is -4.39. The zero-order chi connectivity index (χ0) is 25.4. The van der Waals surface area contributed by atoms with Crippen molar-refractivity contribution in [3.63, 3.8) is 0 Å². The number of alkyl halides is 3. The Bertz CT molecular complexity index is 1330. The zero-order valence-electron chi connectivity index (χ0n) is 19.8. The van der Waals surface area contributed by atoms with Crippen LogP contribution in [-0.2, 0) is 4.74 Å². The molecule has 4 heterocycles. The van der Waals surface area contributed by atoms with Gasteiger partial charge < -0.3 is 15.0 Å². The van der Waals surface area contributed by atoms with Crippen molar-refractivity contribution >= 4 is 22.4 Å². The Kier molecular flexibility index (Phi) is 6.49. The number of anilines is 2. The lowest BCUT2D eigenvalue weighted by atomic mass is 9.96. The van der Waals surface area contributed by atoms with Gasteiger partial charge in [-0.1, -0.05) is 12.1 Å². The van der Waals surface area contributed by atoms with E-state index < -0.39 is 12.2 Å². The molecule has 2 saturated heterocycles. The highest BCUT2D eigenvalue weighted by atomic mass is 19.4. The van der Waals surface area contributed by atoms with Gasteiger partial charge in [0, 0.05) is 24.5 Å². The third-order valence-corrected chi connectivity index (χ3v) is 7.17. The molecular formula is C25H27F3N6O2. The van der Waals surface area contributed by atoms with Crippen LogP contribution in [0.4, 0.5) is 24.7 Å². The Morgan fingerprint density at radius 1 is 1.25 bits per heavy atom. The van der Waals surface area contributed by atoms with E-state index in [1.807, 2.05) is 6.92 Å². The molecule has 1 aromatic carbocycles. The highest BCUT2D eigenvalue weighted by molar-refractivity contribution is 5.91. The summed E-state index contributed by atoms with van der Waals surface area (Å²) in [5, 5.41) is 17.6. The number of pyridine rings is 1. The van der Waals surface area contributed by atoms with Crippen LogP contribution in [0.3, 0.4) is 0 Å². The van der Waals surface area contributed by atoms with Crippen LogP contribution in [0, 0.1) is 17.2 Å². The van der Waals surface area contributed by atoms with Crippen LogP contribution in [0.15, 0.2) is 41.3 Å². The molecule has 0 radical (unpaired) electrons. The summed E-state index contributed by atoms with van der Waals surface area (Å²) in [4.78, 5) is 16.8. The number of aromatic nitrogens is 3. The van der Waals surface area contributed by atoms with Crippen LogP contribution in [0.25, 0.3) is 10.9 Å². The molecule has 0 amide bonds. The maximum absolute atomic E-state index is 14.0. The molecule has 190 valence electrons. The average Bonchev–Trinajstić information content (AvgIpc) is 3.43. The van der Waals surface area contributed by atoms with Crippen LogP contribution in [-0.4, -0.2) is 51.6 Å². The van der Waals surface area contributed by atoms with Crippen molar-refractivity contribution < 1.29 is 17.9 Å². The van der Waals surface area contributed by atoms with Crippen molar-refractivity contribution in [3.05, 3.63) is 52.4 Å². The molecule has 36 heavy (non-hydrogen) atoms. The summed E-state index contributed by atoms with van der Waals surface area (Å²) in [6.45, 7) is 3.02.